The van der Waals surface area contributed by atoms with Crippen molar-refractivity contribution in [3.63, 3.8) is 0 Å². The van der Waals surface area contributed by atoms with E-state index in [0.29, 0.717) is 12.6 Å². The zero-order valence-corrected chi connectivity index (χ0v) is 20.0. The summed E-state index contributed by atoms with van der Waals surface area (Å²) in [6, 6.07) is 8.28. The molecule has 1 heterocycles. The average molecular weight is 446 g/mol. The number of carbonyl (C=O) groups excluding carboxylic acids is 1. The lowest BCUT2D eigenvalue weighted by Gasteiger charge is -2.27. The molecule has 170 valence electrons. The second kappa shape index (κ2) is 11.4. The molecule has 0 saturated heterocycles. The Morgan fingerprint density at radius 1 is 1.26 bits per heavy atom. The van der Waals surface area contributed by atoms with Gasteiger partial charge in [0.05, 0.1) is 18.9 Å². The van der Waals surface area contributed by atoms with E-state index >= 15 is 0 Å². The summed E-state index contributed by atoms with van der Waals surface area (Å²) in [5, 5.41) is 13.1. The maximum absolute atomic E-state index is 12.8. The summed E-state index contributed by atoms with van der Waals surface area (Å²) in [6.07, 6.45) is 6.01. The predicted molar refractivity (Wildman–Crippen MR) is 126 cm³/mol. The quantitative estimate of drug-likeness (QED) is 0.532. The minimum absolute atomic E-state index is 0.157. The molecule has 1 amide bonds. The lowest BCUT2D eigenvalue weighted by molar-refractivity contribution is -0.129. The molecule has 0 aliphatic heterocycles. The normalized spacial score (nSPS) is 15.5. The number of hydrogen-bond acceptors (Lipinski definition) is 6. The van der Waals surface area contributed by atoms with E-state index in [1.165, 1.54) is 31.0 Å². The first-order valence-electron chi connectivity index (χ1n) is 11.3. The van der Waals surface area contributed by atoms with E-state index < -0.39 is 0 Å². The highest BCUT2D eigenvalue weighted by molar-refractivity contribution is 8.00. The fourth-order valence-corrected chi connectivity index (χ4v) is 5.15. The minimum atomic E-state index is -0.189. The second-order valence-corrected chi connectivity index (χ2v) is 9.22. The first kappa shape index (κ1) is 23.4. The number of nitrogens with one attached hydrogen (secondary N) is 1. The van der Waals surface area contributed by atoms with Crippen LogP contribution in [0.25, 0.3) is 0 Å². The van der Waals surface area contributed by atoms with E-state index in [0.717, 1.165) is 48.3 Å². The molecule has 1 aromatic heterocycles. The Labute approximate surface area is 189 Å². The number of nitrogens with zero attached hydrogens (tertiary/aromatic N) is 4. The molecule has 0 bridgehead atoms. The van der Waals surface area contributed by atoms with Crippen molar-refractivity contribution in [2.45, 2.75) is 75.9 Å². The Morgan fingerprint density at radius 2 is 2.00 bits per heavy atom. The van der Waals surface area contributed by atoms with Crippen LogP contribution >= 0.6 is 11.8 Å². The highest BCUT2D eigenvalue weighted by atomic mass is 32.2. The van der Waals surface area contributed by atoms with Crippen molar-refractivity contribution >= 4 is 23.4 Å². The summed E-state index contributed by atoms with van der Waals surface area (Å²) in [5.74, 6) is 1.89. The van der Waals surface area contributed by atoms with Crippen molar-refractivity contribution in [2.75, 3.05) is 25.5 Å². The summed E-state index contributed by atoms with van der Waals surface area (Å²) in [6.45, 7) is 8.04. The minimum Gasteiger partial charge on any atom is -0.497 e. The highest BCUT2D eigenvalue weighted by Crippen LogP contribution is 2.34. The van der Waals surface area contributed by atoms with Crippen LogP contribution in [-0.4, -0.2) is 51.0 Å². The molecular weight excluding hydrogens is 410 g/mol. The number of anilines is 1. The maximum Gasteiger partial charge on any atom is 0.235 e. The van der Waals surface area contributed by atoms with Crippen molar-refractivity contribution in [1.29, 1.82) is 0 Å². The molecule has 8 heteroatoms. The van der Waals surface area contributed by atoms with Gasteiger partial charge >= 0.3 is 0 Å². The Bertz CT molecular complexity index is 846. The molecule has 0 radical (unpaired) electrons. The van der Waals surface area contributed by atoms with Crippen molar-refractivity contribution in [3.8, 4) is 5.75 Å². The van der Waals surface area contributed by atoms with Gasteiger partial charge in [0.25, 0.3) is 0 Å². The van der Waals surface area contributed by atoms with Crippen LogP contribution in [0.15, 0.2) is 29.4 Å². The molecule has 1 aliphatic rings. The third kappa shape index (κ3) is 5.93. The molecule has 1 aromatic carbocycles. The Balaban J connectivity index is 1.79. The average Bonchev–Trinajstić information content (AvgIpc) is 3.21. The van der Waals surface area contributed by atoms with Crippen LogP contribution in [0.5, 0.6) is 5.75 Å². The van der Waals surface area contributed by atoms with Crippen LogP contribution in [0.3, 0.4) is 0 Å². The van der Waals surface area contributed by atoms with E-state index in [1.54, 1.807) is 7.11 Å². The monoisotopic (exact) mass is 445 g/mol. The fraction of sp³-hybridized carbons (Fsp3) is 0.609. The van der Waals surface area contributed by atoms with E-state index in [9.17, 15) is 4.79 Å². The third-order valence-electron chi connectivity index (χ3n) is 5.90. The lowest BCUT2D eigenvalue weighted by atomic mass is 9.95. The molecule has 1 unspecified atom stereocenters. The van der Waals surface area contributed by atoms with Crippen LogP contribution in [0.1, 0.15) is 64.7 Å². The number of thioether (sulfide) groups is 1. The Kier molecular flexibility index (Phi) is 8.63. The topological polar surface area (TPSA) is 72.3 Å². The standard InChI is InChI=1S/C23H35N5O2S/c1-5-27(6-2)22(29)17(3)31-23-26-25-21(28(23)19-12-8-7-9-13-19)16-24-18-11-10-14-20(15-18)30-4/h10-11,14-15,17,19,24H,5-9,12-13,16H2,1-4H3. The molecule has 1 N–H and O–H groups in total. The van der Waals surface area contributed by atoms with Crippen molar-refractivity contribution in [1.82, 2.24) is 19.7 Å². The lowest BCUT2D eigenvalue weighted by Crippen LogP contribution is -2.36. The van der Waals surface area contributed by atoms with Crippen LogP contribution in [0.2, 0.25) is 0 Å². The number of benzene rings is 1. The van der Waals surface area contributed by atoms with Crippen LogP contribution in [0, 0.1) is 0 Å². The SMILES string of the molecule is CCN(CC)C(=O)C(C)Sc1nnc(CNc2cccc(OC)c2)n1C1CCCCC1. The summed E-state index contributed by atoms with van der Waals surface area (Å²) in [7, 11) is 1.67. The molecular formula is C23H35N5O2S. The molecule has 3 rings (SSSR count). The van der Waals surface area contributed by atoms with Crippen molar-refractivity contribution in [3.05, 3.63) is 30.1 Å². The molecule has 2 aromatic rings. The van der Waals surface area contributed by atoms with Gasteiger partial charge in [0, 0.05) is 30.9 Å². The molecule has 1 fully saturated rings. The van der Waals surface area contributed by atoms with E-state index in [1.807, 2.05) is 49.9 Å². The largest absolute Gasteiger partial charge is 0.497 e. The van der Waals surface area contributed by atoms with Crippen molar-refractivity contribution < 1.29 is 9.53 Å². The zero-order valence-electron chi connectivity index (χ0n) is 19.1. The number of ether oxygens (including phenoxy) is 1. The van der Waals surface area contributed by atoms with Gasteiger partial charge in [-0.05, 0) is 45.7 Å². The number of carbonyl (C=O) groups is 1. The van der Waals surface area contributed by atoms with E-state index in [4.69, 9.17) is 4.74 Å². The second-order valence-electron chi connectivity index (χ2n) is 7.92. The van der Waals surface area contributed by atoms with E-state index in [2.05, 4.69) is 20.1 Å². The highest BCUT2D eigenvalue weighted by Gasteiger charge is 2.27. The first-order valence-corrected chi connectivity index (χ1v) is 12.2. The number of aromatic nitrogens is 3. The Morgan fingerprint density at radius 3 is 2.68 bits per heavy atom. The van der Waals surface area contributed by atoms with E-state index in [-0.39, 0.29) is 11.2 Å². The van der Waals surface area contributed by atoms with Gasteiger partial charge in [-0.1, -0.05) is 37.1 Å². The van der Waals surface area contributed by atoms with Gasteiger partial charge in [-0.3, -0.25) is 4.79 Å². The first-order chi connectivity index (χ1) is 15.1. The van der Waals surface area contributed by atoms with Gasteiger partial charge in [-0.25, -0.2) is 0 Å². The van der Waals surface area contributed by atoms with Gasteiger partial charge in [-0.15, -0.1) is 10.2 Å². The Hall–Kier alpha value is -2.22. The smallest absolute Gasteiger partial charge is 0.235 e. The molecule has 1 aliphatic carbocycles. The number of hydrogen-bond donors (Lipinski definition) is 1. The molecule has 0 spiro atoms. The van der Waals surface area contributed by atoms with Crippen molar-refractivity contribution in [2.24, 2.45) is 0 Å². The molecule has 31 heavy (non-hydrogen) atoms. The number of amides is 1. The summed E-state index contributed by atoms with van der Waals surface area (Å²) >= 11 is 1.53. The predicted octanol–water partition coefficient (Wildman–Crippen LogP) is 4.75. The summed E-state index contributed by atoms with van der Waals surface area (Å²) in [5.41, 5.74) is 0.983. The van der Waals surface area contributed by atoms with Gasteiger partial charge in [0.15, 0.2) is 11.0 Å². The molecule has 1 saturated carbocycles. The summed E-state index contributed by atoms with van der Waals surface area (Å²) < 4.78 is 7.60. The van der Waals surface area contributed by atoms with Crippen LogP contribution in [0.4, 0.5) is 5.69 Å². The van der Waals surface area contributed by atoms with Gasteiger partial charge in [0.2, 0.25) is 5.91 Å². The van der Waals surface area contributed by atoms with Gasteiger partial charge in [-0.2, -0.15) is 0 Å². The maximum atomic E-state index is 12.8. The molecule has 1 atom stereocenters. The zero-order chi connectivity index (χ0) is 22.2. The van der Waals surface area contributed by atoms with Crippen LogP contribution in [-0.2, 0) is 11.3 Å². The van der Waals surface area contributed by atoms with Gasteiger partial charge in [0.1, 0.15) is 5.75 Å². The third-order valence-corrected chi connectivity index (χ3v) is 6.94. The van der Waals surface area contributed by atoms with Gasteiger partial charge < -0.3 is 19.5 Å². The van der Waals surface area contributed by atoms with Crippen LogP contribution < -0.4 is 10.1 Å². The summed E-state index contributed by atoms with van der Waals surface area (Å²) in [4.78, 5) is 14.7. The number of methoxy groups -OCH3 is 1. The number of rotatable bonds is 10. The molecule has 7 nitrogen and oxygen atoms in total. The fourth-order valence-electron chi connectivity index (χ4n) is 4.13.